The Kier molecular flexibility index (Phi) is 5.28. The van der Waals surface area contributed by atoms with E-state index in [1.807, 2.05) is 18.2 Å². The number of carboxylic acids is 1. The highest BCUT2D eigenvalue weighted by Gasteiger charge is 2.26. The smallest absolute Gasteiger partial charge is 0.339 e. The molecular formula is C19H19NO4S. The molecule has 0 saturated heterocycles. The number of methoxy groups -OCH3 is 1. The number of nitrogens with one attached hydrogen (secondary N) is 1. The standard InChI is InChI=1S/C19H19NO4S/c1-24-16-7-6-12(10-15(16)19(22)23)11-20-18(21)17-14-5-3-2-4-13(14)8-9-25-17/h2-7,10,17H,8-9,11H2,1H3,(H,20,21)(H,22,23)/t17-/m0/s1. The number of rotatable bonds is 5. The van der Waals surface area contributed by atoms with E-state index in [4.69, 9.17) is 4.74 Å². The molecule has 1 amide bonds. The molecule has 0 spiro atoms. The Labute approximate surface area is 150 Å². The number of fused-ring (bicyclic) bond motifs is 1. The Morgan fingerprint density at radius 2 is 2.08 bits per heavy atom. The maximum atomic E-state index is 12.6. The van der Waals surface area contributed by atoms with Crippen molar-refractivity contribution in [3.05, 3.63) is 64.7 Å². The second-order valence-electron chi connectivity index (χ2n) is 5.76. The van der Waals surface area contributed by atoms with Gasteiger partial charge in [-0.2, -0.15) is 0 Å². The number of aryl methyl sites for hydroxylation is 1. The van der Waals surface area contributed by atoms with Crippen LogP contribution in [0.2, 0.25) is 0 Å². The van der Waals surface area contributed by atoms with Crippen LogP contribution >= 0.6 is 11.8 Å². The Hall–Kier alpha value is -2.47. The van der Waals surface area contributed by atoms with Gasteiger partial charge in [-0.15, -0.1) is 11.8 Å². The molecule has 5 nitrogen and oxygen atoms in total. The van der Waals surface area contributed by atoms with Gasteiger partial charge in [-0.05, 0) is 41.0 Å². The van der Waals surface area contributed by atoms with Crippen molar-refractivity contribution in [1.29, 1.82) is 0 Å². The molecule has 1 atom stereocenters. The first-order valence-corrected chi connectivity index (χ1v) is 9.02. The van der Waals surface area contributed by atoms with Crippen molar-refractivity contribution in [1.82, 2.24) is 5.32 Å². The second-order valence-corrected chi connectivity index (χ2v) is 6.97. The van der Waals surface area contributed by atoms with E-state index in [2.05, 4.69) is 11.4 Å². The first-order valence-electron chi connectivity index (χ1n) is 7.97. The van der Waals surface area contributed by atoms with Crippen molar-refractivity contribution in [3.8, 4) is 5.75 Å². The van der Waals surface area contributed by atoms with Crippen LogP contribution in [0.5, 0.6) is 5.75 Å². The Morgan fingerprint density at radius 3 is 2.84 bits per heavy atom. The summed E-state index contributed by atoms with van der Waals surface area (Å²) >= 11 is 1.64. The van der Waals surface area contributed by atoms with Gasteiger partial charge in [0, 0.05) is 6.54 Å². The lowest BCUT2D eigenvalue weighted by Gasteiger charge is -2.24. The van der Waals surface area contributed by atoms with Crippen LogP contribution in [-0.2, 0) is 17.8 Å². The number of aromatic carboxylic acids is 1. The summed E-state index contributed by atoms with van der Waals surface area (Å²) in [6.07, 6.45) is 0.977. The molecule has 3 rings (SSSR count). The molecule has 0 radical (unpaired) electrons. The fourth-order valence-corrected chi connectivity index (χ4v) is 4.14. The average molecular weight is 357 g/mol. The monoisotopic (exact) mass is 357 g/mol. The van der Waals surface area contributed by atoms with Crippen molar-refractivity contribution in [3.63, 3.8) is 0 Å². The van der Waals surface area contributed by atoms with Gasteiger partial charge < -0.3 is 15.2 Å². The summed E-state index contributed by atoms with van der Waals surface area (Å²) in [7, 11) is 1.43. The molecule has 2 aromatic rings. The zero-order chi connectivity index (χ0) is 17.8. The highest BCUT2D eigenvalue weighted by molar-refractivity contribution is 8.00. The summed E-state index contributed by atoms with van der Waals surface area (Å²) < 4.78 is 5.05. The molecule has 0 aliphatic carbocycles. The van der Waals surface area contributed by atoms with E-state index in [0.717, 1.165) is 23.3 Å². The number of ether oxygens (including phenoxy) is 1. The minimum absolute atomic E-state index is 0.0511. The lowest BCUT2D eigenvalue weighted by atomic mass is 10.0. The molecular weight excluding hydrogens is 338 g/mol. The maximum absolute atomic E-state index is 12.6. The molecule has 0 unspecified atom stereocenters. The molecule has 0 aromatic heterocycles. The number of benzene rings is 2. The van der Waals surface area contributed by atoms with E-state index in [9.17, 15) is 14.7 Å². The summed E-state index contributed by atoms with van der Waals surface area (Å²) in [5.41, 5.74) is 3.10. The van der Waals surface area contributed by atoms with Crippen molar-refractivity contribution in [2.45, 2.75) is 18.2 Å². The molecule has 0 bridgehead atoms. The van der Waals surface area contributed by atoms with E-state index in [1.54, 1.807) is 23.9 Å². The predicted octanol–water partition coefficient (Wildman–Crippen LogP) is 3.04. The molecule has 2 aromatic carbocycles. The van der Waals surface area contributed by atoms with Gasteiger partial charge in [-0.25, -0.2) is 4.79 Å². The van der Waals surface area contributed by atoms with Crippen LogP contribution in [0.4, 0.5) is 0 Å². The molecule has 0 fully saturated rings. The van der Waals surface area contributed by atoms with Gasteiger partial charge in [-0.1, -0.05) is 30.3 Å². The zero-order valence-corrected chi connectivity index (χ0v) is 14.6. The maximum Gasteiger partial charge on any atom is 0.339 e. The van der Waals surface area contributed by atoms with E-state index < -0.39 is 5.97 Å². The molecule has 0 saturated carbocycles. The normalized spacial score (nSPS) is 16.0. The zero-order valence-electron chi connectivity index (χ0n) is 13.8. The molecule has 25 heavy (non-hydrogen) atoms. The summed E-state index contributed by atoms with van der Waals surface area (Å²) in [6.45, 7) is 0.280. The van der Waals surface area contributed by atoms with Crippen molar-refractivity contribution in [2.24, 2.45) is 0 Å². The Bertz CT molecular complexity index is 806. The fraction of sp³-hybridized carbons (Fsp3) is 0.263. The number of carbonyl (C=O) groups is 2. The van der Waals surface area contributed by atoms with Gasteiger partial charge in [0.1, 0.15) is 16.6 Å². The number of amides is 1. The predicted molar refractivity (Wildman–Crippen MR) is 97.1 cm³/mol. The third kappa shape index (κ3) is 3.79. The quantitative estimate of drug-likeness (QED) is 0.860. The minimum atomic E-state index is -1.05. The Morgan fingerprint density at radius 1 is 1.28 bits per heavy atom. The first-order chi connectivity index (χ1) is 12.1. The van der Waals surface area contributed by atoms with Crippen molar-refractivity contribution < 1.29 is 19.4 Å². The summed E-state index contributed by atoms with van der Waals surface area (Å²) in [5, 5.41) is 11.9. The van der Waals surface area contributed by atoms with Gasteiger partial charge in [0.25, 0.3) is 0 Å². The van der Waals surface area contributed by atoms with E-state index in [-0.39, 0.29) is 23.3 Å². The van der Waals surface area contributed by atoms with Crippen LogP contribution in [0.15, 0.2) is 42.5 Å². The number of hydrogen-bond donors (Lipinski definition) is 2. The van der Waals surface area contributed by atoms with Crippen LogP contribution in [0.3, 0.4) is 0 Å². The minimum Gasteiger partial charge on any atom is -0.496 e. The van der Waals surface area contributed by atoms with Gasteiger partial charge >= 0.3 is 5.97 Å². The van der Waals surface area contributed by atoms with E-state index >= 15 is 0 Å². The number of carbonyl (C=O) groups excluding carboxylic acids is 1. The van der Waals surface area contributed by atoms with Crippen molar-refractivity contribution in [2.75, 3.05) is 12.9 Å². The SMILES string of the molecule is COc1ccc(CNC(=O)[C@H]2SCCc3ccccc32)cc1C(=O)O. The Balaban J connectivity index is 1.71. The van der Waals surface area contributed by atoms with Crippen LogP contribution in [-0.4, -0.2) is 29.8 Å². The van der Waals surface area contributed by atoms with E-state index in [1.165, 1.54) is 18.7 Å². The van der Waals surface area contributed by atoms with Crippen LogP contribution in [0.1, 0.15) is 32.3 Å². The molecule has 130 valence electrons. The summed E-state index contributed by atoms with van der Waals surface area (Å²) in [6, 6.07) is 12.9. The summed E-state index contributed by atoms with van der Waals surface area (Å²) in [4.78, 5) is 23.9. The average Bonchev–Trinajstić information content (AvgIpc) is 2.65. The van der Waals surface area contributed by atoms with Gasteiger partial charge in [0.05, 0.1) is 7.11 Å². The van der Waals surface area contributed by atoms with Crippen molar-refractivity contribution >= 4 is 23.6 Å². The first kappa shape index (κ1) is 17.4. The third-order valence-corrected chi connectivity index (χ3v) is 5.43. The lowest BCUT2D eigenvalue weighted by Crippen LogP contribution is -2.29. The number of thioether (sulfide) groups is 1. The van der Waals surface area contributed by atoms with Crippen LogP contribution in [0.25, 0.3) is 0 Å². The van der Waals surface area contributed by atoms with E-state index in [0.29, 0.717) is 5.75 Å². The van der Waals surface area contributed by atoms with Gasteiger partial charge in [0.2, 0.25) is 5.91 Å². The lowest BCUT2D eigenvalue weighted by molar-refractivity contribution is -0.120. The highest BCUT2D eigenvalue weighted by Crippen LogP contribution is 2.36. The molecule has 1 aliphatic rings. The molecule has 1 heterocycles. The second kappa shape index (κ2) is 7.61. The van der Waals surface area contributed by atoms with Gasteiger partial charge in [-0.3, -0.25) is 4.79 Å². The topological polar surface area (TPSA) is 75.6 Å². The van der Waals surface area contributed by atoms with Crippen LogP contribution in [0, 0.1) is 0 Å². The van der Waals surface area contributed by atoms with Crippen LogP contribution < -0.4 is 10.1 Å². The molecule has 2 N–H and O–H groups in total. The summed E-state index contributed by atoms with van der Waals surface area (Å²) in [5.74, 6) is 0.117. The number of hydrogen-bond acceptors (Lipinski definition) is 4. The highest BCUT2D eigenvalue weighted by atomic mass is 32.2. The van der Waals surface area contributed by atoms with Gasteiger partial charge in [0.15, 0.2) is 0 Å². The fourth-order valence-electron chi connectivity index (χ4n) is 2.93. The molecule has 6 heteroatoms. The number of carboxylic acid groups (broad SMARTS) is 1. The largest absolute Gasteiger partial charge is 0.496 e. The molecule has 1 aliphatic heterocycles. The third-order valence-electron chi connectivity index (χ3n) is 4.19.